The topological polar surface area (TPSA) is 22.9 Å². The van der Waals surface area contributed by atoms with Gasteiger partial charge in [-0.1, -0.05) is 24.3 Å². The molecule has 0 heterocycles. The fourth-order valence-corrected chi connectivity index (χ4v) is 0.808. The lowest BCUT2D eigenvalue weighted by atomic mass is 10.1. The van der Waals surface area contributed by atoms with E-state index in [4.69, 9.17) is 5.11 Å². The number of benzene rings is 1. The highest BCUT2D eigenvalue weighted by Crippen LogP contribution is 2.05. The van der Waals surface area contributed by atoms with E-state index >= 15 is 0 Å². The van der Waals surface area contributed by atoms with Crippen LogP contribution < -0.4 is 0 Å². The smallest absolute Gasteiger partial charge is 0.170 e. The van der Waals surface area contributed by atoms with Gasteiger partial charge in [-0.15, -0.1) is 0 Å². The van der Waals surface area contributed by atoms with Gasteiger partial charge >= 0.3 is 0 Å². The molecule has 2 N–H and O–H groups in total. The van der Waals surface area contributed by atoms with Crippen LogP contribution in [0.2, 0.25) is 0 Å². The molecule has 1 nitrogen and oxygen atoms in total. The average Bonchev–Trinajstić information content (AvgIpc) is 1.89. The third-order valence-electron chi connectivity index (χ3n) is 1.45. The zero-order chi connectivity index (χ0) is 6.69. The van der Waals surface area contributed by atoms with E-state index in [1.165, 1.54) is 5.56 Å². The third-order valence-corrected chi connectivity index (χ3v) is 1.45. The summed E-state index contributed by atoms with van der Waals surface area (Å²) in [7, 11) is 0. The molecule has 1 rings (SSSR count). The molecule has 0 saturated carbocycles. The first-order valence-corrected chi connectivity index (χ1v) is 3.03. The molecule has 1 aromatic carbocycles. The molecule has 0 aliphatic carbocycles. The van der Waals surface area contributed by atoms with Crippen molar-refractivity contribution in [1.82, 2.24) is 0 Å². The van der Waals surface area contributed by atoms with Gasteiger partial charge in [0.25, 0.3) is 0 Å². The quantitative estimate of drug-likeness (QED) is 0.501. The molecule has 0 aromatic heterocycles. The molecule has 0 spiro atoms. The normalized spacial score (nSPS) is 9.56. The van der Waals surface area contributed by atoms with E-state index in [1.54, 1.807) is 0 Å². The van der Waals surface area contributed by atoms with Crippen LogP contribution in [0.4, 0.5) is 0 Å². The zero-order valence-corrected chi connectivity index (χ0v) is 5.52. The molecule has 0 fully saturated rings. The van der Waals surface area contributed by atoms with Crippen LogP contribution in [0.5, 0.6) is 0 Å². The fourth-order valence-electron chi connectivity index (χ4n) is 0.808. The molecule has 0 atom stereocenters. The van der Waals surface area contributed by atoms with Crippen LogP contribution in [-0.4, -0.2) is 5.11 Å². The molecule has 0 aliphatic heterocycles. The molecule has 0 unspecified atom stereocenters. The van der Waals surface area contributed by atoms with Crippen molar-refractivity contribution < 1.29 is 5.11 Å². The summed E-state index contributed by atoms with van der Waals surface area (Å²) in [5, 5.41) is 7.08. The van der Waals surface area contributed by atoms with Gasteiger partial charge in [-0.2, -0.15) is 0 Å². The molecular weight excluding hydrogens is 112 g/mol. The van der Waals surface area contributed by atoms with Gasteiger partial charge in [0.1, 0.15) is 0 Å². The molecule has 0 saturated heterocycles. The van der Waals surface area contributed by atoms with Crippen LogP contribution in [0.3, 0.4) is 0 Å². The van der Waals surface area contributed by atoms with Crippen LogP contribution in [0.1, 0.15) is 11.1 Å². The summed E-state index contributed by atoms with van der Waals surface area (Å²) in [6, 6.07) is 7.98. The Hall–Kier alpha value is -0.820. The van der Waals surface area contributed by atoms with Crippen molar-refractivity contribution in [2.45, 2.75) is 13.5 Å². The van der Waals surface area contributed by atoms with Gasteiger partial charge in [0.05, 0.1) is 0 Å². The fraction of sp³-hybridized carbons (Fsp3) is 0.250. The van der Waals surface area contributed by atoms with Crippen molar-refractivity contribution in [3.8, 4) is 0 Å². The largest absolute Gasteiger partial charge is 0.442 e. The molecule has 0 amide bonds. The van der Waals surface area contributed by atoms with Crippen molar-refractivity contribution in [1.29, 1.82) is 0 Å². The Morgan fingerprint density at radius 3 is 2.44 bits per heavy atom. The molecule has 1 aromatic rings. The Kier molecular flexibility index (Phi) is 1.85. The molecule has 48 valence electrons. The molecule has 1 heteroatoms. The van der Waals surface area contributed by atoms with E-state index in [2.05, 4.69) is 0 Å². The molecule has 0 aliphatic rings. The maximum atomic E-state index is 7.08. The number of rotatable bonds is 1. The minimum absolute atomic E-state index is 0.396. The Bertz CT molecular complexity index is 194. The highest BCUT2D eigenvalue weighted by atomic mass is 16.3. The van der Waals surface area contributed by atoms with Gasteiger partial charge in [-0.25, -0.2) is 0 Å². The first kappa shape index (κ1) is 6.30. The zero-order valence-electron chi connectivity index (χ0n) is 5.52. The van der Waals surface area contributed by atoms with Crippen molar-refractivity contribution in [2.75, 3.05) is 0 Å². The monoisotopic (exact) mass is 123 g/mol. The van der Waals surface area contributed by atoms with Gasteiger partial charge in [0.15, 0.2) is 6.61 Å². The Morgan fingerprint density at radius 1 is 1.33 bits per heavy atom. The van der Waals surface area contributed by atoms with Crippen molar-refractivity contribution in [3.05, 3.63) is 35.4 Å². The van der Waals surface area contributed by atoms with Crippen LogP contribution in [0.25, 0.3) is 0 Å². The number of hydrogen-bond donors (Lipinski definition) is 0. The van der Waals surface area contributed by atoms with Crippen LogP contribution in [0.15, 0.2) is 24.3 Å². The minimum atomic E-state index is 0.396. The highest BCUT2D eigenvalue weighted by Gasteiger charge is 1.93. The molecular formula is C8H11O+. The number of aryl methyl sites for hydroxylation is 1. The van der Waals surface area contributed by atoms with E-state index in [9.17, 15) is 0 Å². The lowest BCUT2D eigenvalue weighted by molar-refractivity contribution is 0.281. The predicted molar refractivity (Wildman–Crippen MR) is 38.5 cm³/mol. The first-order chi connectivity index (χ1) is 4.34. The van der Waals surface area contributed by atoms with Crippen LogP contribution >= 0.6 is 0 Å². The molecule has 0 bridgehead atoms. The molecule has 0 radical (unpaired) electrons. The summed E-state index contributed by atoms with van der Waals surface area (Å²) in [5.74, 6) is 0. The second kappa shape index (κ2) is 2.65. The van der Waals surface area contributed by atoms with Crippen molar-refractivity contribution in [3.63, 3.8) is 0 Å². The summed E-state index contributed by atoms with van der Waals surface area (Å²) < 4.78 is 0. The van der Waals surface area contributed by atoms with Gasteiger partial charge in [-0.05, 0) is 12.5 Å². The minimum Gasteiger partial charge on any atom is -0.442 e. The second-order valence-corrected chi connectivity index (χ2v) is 2.10. The standard InChI is InChI=1S/C8H10O/c1-7-4-2-3-5-8(7)6-9/h2-5,9H,6H2,1H3/p+1. The summed E-state index contributed by atoms with van der Waals surface area (Å²) >= 11 is 0. The maximum absolute atomic E-state index is 7.08. The Balaban J connectivity index is 3.01. The van der Waals surface area contributed by atoms with E-state index in [1.807, 2.05) is 31.2 Å². The van der Waals surface area contributed by atoms with Crippen LogP contribution in [-0.2, 0) is 6.61 Å². The van der Waals surface area contributed by atoms with Crippen LogP contribution in [0, 0.1) is 6.92 Å². The lowest BCUT2D eigenvalue weighted by Gasteiger charge is -1.95. The average molecular weight is 123 g/mol. The highest BCUT2D eigenvalue weighted by molar-refractivity contribution is 5.24. The van der Waals surface area contributed by atoms with E-state index in [0.29, 0.717) is 6.61 Å². The SMILES string of the molecule is Cc1ccccc1C[OH2+]. The van der Waals surface area contributed by atoms with Gasteiger partial charge in [0, 0.05) is 5.56 Å². The lowest BCUT2D eigenvalue weighted by Crippen LogP contribution is -1.85. The van der Waals surface area contributed by atoms with Gasteiger partial charge in [-0.3, -0.25) is 0 Å². The van der Waals surface area contributed by atoms with E-state index < -0.39 is 0 Å². The van der Waals surface area contributed by atoms with Gasteiger partial charge in [0.2, 0.25) is 0 Å². The maximum Gasteiger partial charge on any atom is 0.170 e. The summed E-state index contributed by atoms with van der Waals surface area (Å²) in [6.45, 7) is 2.43. The Morgan fingerprint density at radius 2 is 2.00 bits per heavy atom. The van der Waals surface area contributed by atoms with Crippen molar-refractivity contribution in [2.24, 2.45) is 0 Å². The summed E-state index contributed by atoms with van der Waals surface area (Å²) in [5.41, 5.74) is 2.34. The molecule has 9 heavy (non-hydrogen) atoms. The predicted octanol–water partition coefficient (Wildman–Crippen LogP) is 1.22. The van der Waals surface area contributed by atoms with E-state index in [0.717, 1.165) is 5.56 Å². The second-order valence-electron chi connectivity index (χ2n) is 2.10. The number of hydrogen-bond acceptors (Lipinski definition) is 0. The van der Waals surface area contributed by atoms with Crippen molar-refractivity contribution >= 4 is 0 Å². The third kappa shape index (κ3) is 1.30. The summed E-state index contributed by atoms with van der Waals surface area (Å²) in [6.07, 6.45) is 0. The van der Waals surface area contributed by atoms with E-state index in [-0.39, 0.29) is 0 Å². The van der Waals surface area contributed by atoms with Gasteiger partial charge < -0.3 is 5.11 Å². The first-order valence-electron chi connectivity index (χ1n) is 3.03. The summed E-state index contributed by atoms with van der Waals surface area (Å²) in [4.78, 5) is 0. The Labute approximate surface area is 55.0 Å².